The largest absolute Gasteiger partial charge is 0.0581 e. The highest BCUT2D eigenvalue weighted by Crippen LogP contribution is 2.46. The van der Waals surface area contributed by atoms with E-state index in [-0.39, 0.29) is 32.5 Å². The maximum absolute atomic E-state index is 2.56. The van der Waals surface area contributed by atoms with E-state index < -0.39 is 0 Å². The molecule has 0 radical (unpaired) electrons. The summed E-state index contributed by atoms with van der Waals surface area (Å²) in [5, 5.41) is 0. The van der Waals surface area contributed by atoms with Crippen molar-refractivity contribution in [1.29, 1.82) is 0 Å². The second-order valence-corrected chi connectivity index (χ2v) is 18.6. The van der Waals surface area contributed by atoms with Crippen LogP contribution in [0.5, 0.6) is 0 Å². The Labute approximate surface area is 244 Å². The maximum atomic E-state index is 2.56. The third-order valence-electron chi connectivity index (χ3n) is 8.21. The van der Waals surface area contributed by atoms with E-state index in [0.717, 1.165) is 6.42 Å². The van der Waals surface area contributed by atoms with Crippen LogP contribution in [-0.4, -0.2) is 0 Å². The van der Waals surface area contributed by atoms with Gasteiger partial charge in [-0.15, -0.1) is 0 Å². The first-order valence-corrected chi connectivity index (χ1v) is 15.4. The van der Waals surface area contributed by atoms with Gasteiger partial charge in [-0.3, -0.25) is 0 Å². The van der Waals surface area contributed by atoms with E-state index in [4.69, 9.17) is 0 Å². The molecule has 0 heteroatoms. The average Bonchev–Trinajstić information content (AvgIpc) is 2.67. The van der Waals surface area contributed by atoms with Gasteiger partial charge in [-0.2, -0.15) is 0 Å². The van der Waals surface area contributed by atoms with Gasteiger partial charge in [0, 0.05) is 0 Å². The van der Waals surface area contributed by atoms with Crippen LogP contribution < -0.4 is 0 Å². The Balaban J connectivity index is 2.95. The van der Waals surface area contributed by atoms with E-state index in [1.54, 1.807) is 16.7 Å². The molecule has 2 aromatic carbocycles. The lowest BCUT2D eigenvalue weighted by Gasteiger charge is -2.39. The predicted molar refractivity (Wildman–Crippen MR) is 177 cm³/mol. The van der Waals surface area contributed by atoms with Crippen LogP contribution in [0.1, 0.15) is 182 Å². The smallest absolute Gasteiger partial charge is 0.0126 e. The van der Waals surface area contributed by atoms with E-state index in [2.05, 4.69) is 156 Å². The molecule has 0 nitrogen and oxygen atoms in total. The molecule has 2 aromatic rings. The first-order valence-electron chi connectivity index (χ1n) is 15.4. The second-order valence-electron chi connectivity index (χ2n) is 18.6. The van der Waals surface area contributed by atoms with Crippen molar-refractivity contribution in [3.63, 3.8) is 0 Å². The zero-order valence-corrected chi connectivity index (χ0v) is 29.6. The van der Waals surface area contributed by atoms with E-state index in [1.165, 1.54) is 27.8 Å². The van der Waals surface area contributed by atoms with Gasteiger partial charge < -0.3 is 0 Å². The topological polar surface area (TPSA) is 0 Å². The quantitative estimate of drug-likeness (QED) is 0.369. The van der Waals surface area contributed by atoms with E-state index >= 15 is 0 Å². The van der Waals surface area contributed by atoms with Crippen molar-refractivity contribution in [2.45, 2.75) is 176 Å². The highest BCUT2D eigenvalue weighted by atomic mass is 14.4. The lowest BCUT2D eigenvalue weighted by Crippen LogP contribution is -2.29. The third kappa shape index (κ3) is 7.59. The van der Waals surface area contributed by atoms with Crippen LogP contribution in [0.4, 0.5) is 0 Å². The summed E-state index contributed by atoms with van der Waals surface area (Å²) >= 11 is 0. The fourth-order valence-electron chi connectivity index (χ4n) is 6.48. The van der Waals surface area contributed by atoms with Gasteiger partial charge in [-0.25, -0.2) is 0 Å². The maximum Gasteiger partial charge on any atom is -0.0126 e. The van der Waals surface area contributed by atoms with Gasteiger partial charge in [0.2, 0.25) is 0 Å². The fraction of sp³-hybridized carbons (Fsp3) is 0.692. The average molecular weight is 533 g/mol. The molecule has 0 aliphatic rings. The normalized spacial score (nSPS) is 15.1. The summed E-state index contributed by atoms with van der Waals surface area (Å²) in [6, 6.07) is 10.0. The molecule has 0 amide bonds. The Morgan fingerprint density at radius 1 is 0.436 bits per heavy atom. The molecule has 1 unspecified atom stereocenters. The summed E-state index contributed by atoms with van der Waals surface area (Å²) in [6.07, 6.45) is 1.05. The van der Waals surface area contributed by atoms with Crippen LogP contribution in [-0.2, 0) is 38.9 Å². The summed E-state index contributed by atoms with van der Waals surface area (Å²) < 4.78 is 0. The zero-order chi connectivity index (χ0) is 30.7. The van der Waals surface area contributed by atoms with Crippen LogP contribution in [0.3, 0.4) is 0 Å². The summed E-state index contributed by atoms with van der Waals surface area (Å²) in [4.78, 5) is 0. The number of hydrogen-bond acceptors (Lipinski definition) is 0. The lowest BCUT2D eigenvalue weighted by molar-refractivity contribution is 0.494. The summed E-state index contributed by atoms with van der Waals surface area (Å²) in [5.74, 6) is 0.414. The highest BCUT2D eigenvalue weighted by molar-refractivity contribution is 5.53. The van der Waals surface area contributed by atoms with Gasteiger partial charge in [0.05, 0.1) is 0 Å². The molecule has 0 aliphatic heterocycles. The van der Waals surface area contributed by atoms with Crippen molar-refractivity contribution in [2.75, 3.05) is 0 Å². The van der Waals surface area contributed by atoms with Crippen LogP contribution in [0.15, 0.2) is 24.3 Å². The van der Waals surface area contributed by atoms with Gasteiger partial charge in [0.25, 0.3) is 0 Å². The molecule has 0 saturated heterocycles. The second kappa shape index (κ2) is 10.4. The summed E-state index contributed by atoms with van der Waals surface area (Å²) in [7, 11) is 0. The lowest BCUT2D eigenvalue weighted by atomic mass is 9.66. The highest BCUT2D eigenvalue weighted by Gasteiger charge is 2.35. The Morgan fingerprint density at radius 2 is 0.769 bits per heavy atom. The fourth-order valence-corrected chi connectivity index (χ4v) is 6.48. The molecule has 0 aromatic heterocycles. The minimum absolute atomic E-state index is 0.0662. The number of rotatable bonds is 3. The van der Waals surface area contributed by atoms with Crippen molar-refractivity contribution in [1.82, 2.24) is 0 Å². The molecule has 0 fully saturated rings. The molecule has 2 rings (SSSR count). The molecule has 0 heterocycles. The molecule has 0 N–H and O–H groups in total. The molecule has 0 saturated carbocycles. The van der Waals surface area contributed by atoms with E-state index in [9.17, 15) is 0 Å². The first kappa shape index (κ1) is 33.6. The molecule has 0 spiro atoms. The third-order valence-corrected chi connectivity index (χ3v) is 8.21. The molecule has 1 atom stereocenters. The Bertz CT molecular complexity index is 1120. The van der Waals surface area contributed by atoms with Crippen molar-refractivity contribution >= 4 is 0 Å². The van der Waals surface area contributed by atoms with Gasteiger partial charge in [0.15, 0.2) is 0 Å². The number of benzene rings is 2. The summed E-state index contributed by atoms with van der Waals surface area (Å²) in [5.41, 5.74) is 12.7. The molecular formula is C39H64. The predicted octanol–water partition coefficient (Wildman–Crippen LogP) is 11.8. The van der Waals surface area contributed by atoms with Gasteiger partial charge in [0.1, 0.15) is 0 Å². The Hall–Kier alpha value is -1.56. The Kier molecular flexibility index (Phi) is 8.94. The van der Waals surface area contributed by atoms with Crippen molar-refractivity contribution < 1.29 is 0 Å². The van der Waals surface area contributed by atoms with Crippen molar-refractivity contribution in [3.05, 3.63) is 68.8 Å². The van der Waals surface area contributed by atoms with Crippen LogP contribution in [0, 0.1) is 0 Å². The van der Waals surface area contributed by atoms with Crippen LogP contribution in [0.2, 0.25) is 0 Å². The standard InChI is InChI=1S/C39H64/c1-25(31-27(34(2,3)4)20-21-28(35(5,6)7)33(31)39(17,18)19)22-26-23-29(36(8,9)10)32(38(14,15)16)30(24-26)37(11,12)13/h20-21,23-25H,22H2,1-19H3. The minimum atomic E-state index is 0.0662. The molecule has 0 aliphatic carbocycles. The van der Waals surface area contributed by atoms with Crippen molar-refractivity contribution in [2.24, 2.45) is 0 Å². The van der Waals surface area contributed by atoms with E-state index in [1.807, 2.05) is 0 Å². The molecule has 39 heavy (non-hydrogen) atoms. The van der Waals surface area contributed by atoms with Crippen LogP contribution in [0.25, 0.3) is 0 Å². The molecular weight excluding hydrogens is 468 g/mol. The zero-order valence-electron chi connectivity index (χ0n) is 29.6. The van der Waals surface area contributed by atoms with Crippen molar-refractivity contribution in [3.8, 4) is 0 Å². The van der Waals surface area contributed by atoms with Gasteiger partial charge in [-0.05, 0) is 89.3 Å². The van der Waals surface area contributed by atoms with Crippen LogP contribution >= 0.6 is 0 Å². The SMILES string of the molecule is CC(Cc1cc(C(C)(C)C)c(C(C)(C)C)c(C(C)(C)C)c1)c1c(C(C)(C)C)ccc(C(C)(C)C)c1C(C)(C)C. The molecule has 0 bridgehead atoms. The first-order chi connectivity index (χ1) is 17.1. The van der Waals surface area contributed by atoms with Gasteiger partial charge in [-0.1, -0.05) is 156 Å². The monoisotopic (exact) mass is 533 g/mol. The van der Waals surface area contributed by atoms with Gasteiger partial charge >= 0.3 is 0 Å². The minimum Gasteiger partial charge on any atom is -0.0581 e. The Morgan fingerprint density at radius 3 is 1.08 bits per heavy atom. The summed E-state index contributed by atoms with van der Waals surface area (Å²) in [6.45, 7) is 45.5. The number of hydrogen-bond donors (Lipinski definition) is 0. The van der Waals surface area contributed by atoms with E-state index in [0.29, 0.717) is 5.92 Å². The molecule has 220 valence electrons.